The van der Waals surface area contributed by atoms with Crippen LogP contribution in [0.1, 0.15) is 12.5 Å². The van der Waals surface area contributed by atoms with E-state index in [4.69, 9.17) is 0 Å². The molecular formula is C20H19N3O2S. The van der Waals surface area contributed by atoms with E-state index in [2.05, 4.69) is 33.7 Å². The van der Waals surface area contributed by atoms with Gasteiger partial charge in [0, 0.05) is 11.7 Å². The van der Waals surface area contributed by atoms with E-state index >= 15 is 0 Å². The number of benzene rings is 2. The number of hydrogen-bond acceptors (Lipinski definition) is 4. The van der Waals surface area contributed by atoms with Gasteiger partial charge in [0.1, 0.15) is 5.82 Å². The minimum absolute atomic E-state index is 0.228. The average Bonchev–Trinajstić information content (AvgIpc) is 2.99. The van der Waals surface area contributed by atoms with Crippen LogP contribution in [0, 0.1) is 0 Å². The van der Waals surface area contributed by atoms with E-state index < -0.39 is 10.0 Å². The second-order valence-electron chi connectivity index (χ2n) is 6.38. The molecule has 1 N–H and O–H groups in total. The van der Waals surface area contributed by atoms with Crippen molar-refractivity contribution in [2.45, 2.75) is 24.3 Å². The van der Waals surface area contributed by atoms with Crippen LogP contribution in [0.2, 0.25) is 0 Å². The Bertz CT molecular complexity index is 1020. The third kappa shape index (κ3) is 3.04. The summed E-state index contributed by atoms with van der Waals surface area (Å²) in [6, 6.07) is 20.5. The Labute approximate surface area is 153 Å². The molecule has 1 aliphatic rings. The molecule has 0 radical (unpaired) electrons. The van der Waals surface area contributed by atoms with Gasteiger partial charge in [0.05, 0.1) is 16.8 Å². The second-order valence-corrected chi connectivity index (χ2v) is 8.06. The van der Waals surface area contributed by atoms with E-state index in [1.165, 1.54) is 5.56 Å². The monoisotopic (exact) mass is 365 g/mol. The zero-order chi connectivity index (χ0) is 18.1. The van der Waals surface area contributed by atoms with Crippen molar-refractivity contribution in [1.82, 2.24) is 4.98 Å². The molecule has 2 heterocycles. The maximum atomic E-state index is 12.4. The first kappa shape index (κ1) is 16.6. The predicted octanol–water partition coefficient (Wildman–Crippen LogP) is 3.97. The number of aromatic nitrogens is 1. The van der Waals surface area contributed by atoms with Crippen LogP contribution < -0.4 is 9.62 Å². The van der Waals surface area contributed by atoms with Gasteiger partial charge >= 0.3 is 0 Å². The average molecular weight is 365 g/mol. The number of anilines is 3. The molecule has 26 heavy (non-hydrogen) atoms. The van der Waals surface area contributed by atoms with Crippen LogP contribution in [0.5, 0.6) is 0 Å². The van der Waals surface area contributed by atoms with Crippen LogP contribution >= 0.6 is 0 Å². The quantitative estimate of drug-likeness (QED) is 0.760. The molecule has 3 aromatic rings. The minimum atomic E-state index is -3.61. The summed E-state index contributed by atoms with van der Waals surface area (Å²) in [6.45, 7) is 2.16. The lowest BCUT2D eigenvalue weighted by molar-refractivity contribution is 0.601. The molecule has 0 saturated carbocycles. The van der Waals surface area contributed by atoms with Crippen LogP contribution in [0.25, 0.3) is 0 Å². The molecule has 4 rings (SSSR count). The highest BCUT2D eigenvalue weighted by Crippen LogP contribution is 2.37. The lowest BCUT2D eigenvalue weighted by atomic mass is 10.1. The van der Waals surface area contributed by atoms with Crippen molar-refractivity contribution in [3.8, 4) is 0 Å². The predicted molar refractivity (Wildman–Crippen MR) is 103 cm³/mol. The fourth-order valence-electron chi connectivity index (χ4n) is 3.32. The second kappa shape index (κ2) is 6.46. The summed E-state index contributed by atoms with van der Waals surface area (Å²) >= 11 is 0. The molecule has 1 aromatic heterocycles. The Morgan fingerprint density at radius 3 is 2.46 bits per heavy atom. The first-order valence-electron chi connectivity index (χ1n) is 8.46. The number of nitrogens with zero attached hydrogens (tertiary/aromatic N) is 2. The highest BCUT2D eigenvalue weighted by molar-refractivity contribution is 7.92. The summed E-state index contributed by atoms with van der Waals surface area (Å²) in [4.78, 5) is 6.90. The molecule has 1 aliphatic heterocycles. The number of hydrogen-bond donors (Lipinski definition) is 1. The van der Waals surface area contributed by atoms with Crippen LogP contribution in [-0.2, 0) is 16.4 Å². The number of rotatable bonds is 4. The van der Waals surface area contributed by atoms with E-state index in [0.29, 0.717) is 11.7 Å². The summed E-state index contributed by atoms with van der Waals surface area (Å²) in [7, 11) is -3.61. The zero-order valence-electron chi connectivity index (χ0n) is 14.3. The molecule has 0 amide bonds. The number of nitrogens with one attached hydrogen (secondary N) is 1. The number of fused-ring (bicyclic) bond motifs is 1. The molecule has 0 saturated heterocycles. The molecule has 1 unspecified atom stereocenters. The van der Waals surface area contributed by atoms with E-state index in [1.54, 1.807) is 42.6 Å². The fraction of sp³-hybridized carbons (Fsp3) is 0.150. The molecule has 0 aliphatic carbocycles. The van der Waals surface area contributed by atoms with Gasteiger partial charge in [-0.25, -0.2) is 13.4 Å². The van der Waals surface area contributed by atoms with Crippen molar-refractivity contribution in [1.29, 1.82) is 0 Å². The molecule has 0 bridgehead atoms. The van der Waals surface area contributed by atoms with Crippen molar-refractivity contribution in [2.24, 2.45) is 0 Å². The van der Waals surface area contributed by atoms with Gasteiger partial charge in [-0.05, 0) is 49.2 Å². The minimum Gasteiger partial charge on any atom is -0.323 e. The van der Waals surface area contributed by atoms with Gasteiger partial charge < -0.3 is 4.90 Å². The van der Waals surface area contributed by atoms with Gasteiger partial charge in [-0.2, -0.15) is 0 Å². The van der Waals surface area contributed by atoms with Crippen molar-refractivity contribution in [2.75, 3.05) is 9.62 Å². The van der Waals surface area contributed by atoms with E-state index in [9.17, 15) is 8.42 Å². The van der Waals surface area contributed by atoms with E-state index in [1.807, 2.05) is 18.2 Å². The summed E-state index contributed by atoms with van der Waals surface area (Å²) in [5, 5.41) is 0. The van der Waals surface area contributed by atoms with E-state index in [0.717, 1.165) is 17.9 Å². The Balaban J connectivity index is 1.58. The third-order valence-electron chi connectivity index (χ3n) is 4.51. The SMILES string of the molecule is CC1Cc2ccccc2N1c1ccc(NS(=O)(=O)c2ccccc2)cn1. The molecule has 132 valence electrons. The standard InChI is InChI=1S/C20H19N3O2S/c1-15-13-16-7-5-6-10-19(16)23(15)20-12-11-17(14-21-20)22-26(24,25)18-8-3-2-4-9-18/h2-12,14-15,22H,13H2,1H3. The van der Waals surface area contributed by atoms with Crippen molar-refractivity contribution in [3.05, 3.63) is 78.5 Å². The van der Waals surface area contributed by atoms with Crippen LogP contribution in [-0.4, -0.2) is 19.4 Å². The summed E-state index contributed by atoms with van der Waals surface area (Å²) in [5.74, 6) is 0.810. The van der Waals surface area contributed by atoms with Crippen LogP contribution in [0.4, 0.5) is 17.2 Å². The van der Waals surface area contributed by atoms with Crippen molar-refractivity contribution >= 4 is 27.2 Å². The van der Waals surface area contributed by atoms with Crippen LogP contribution in [0.15, 0.2) is 77.8 Å². The van der Waals surface area contributed by atoms with Gasteiger partial charge in [-0.1, -0.05) is 36.4 Å². The smallest absolute Gasteiger partial charge is 0.261 e. The van der Waals surface area contributed by atoms with Gasteiger partial charge in [-0.15, -0.1) is 0 Å². The highest BCUT2D eigenvalue weighted by Gasteiger charge is 2.27. The Hall–Kier alpha value is -2.86. The van der Waals surface area contributed by atoms with E-state index in [-0.39, 0.29) is 4.90 Å². The maximum absolute atomic E-state index is 12.4. The lowest BCUT2D eigenvalue weighted by Crippen LogP contribution is -2.24. The maximum Gasteiger partial charge on any atom is 0.261 e. The molecule has 0 fully saturated rings. The normalized spacial score (nSPS) is 16.3. The molecular weight excluding hydrogens is 346 g/mol. The Kier molecular flexibility index (Phi) is 4.12. The topological polar surface area (TPSA) is 62.3 Å². The zero-order valence-corrected chi connectivity index (χ0v) is 15.1. The molecule has 2 aromatic carbocycles. The summed E-state index contributed by atoms with van der Waals surface area (Å²) < 4.78 is 27.4. The highest BCUT2D eigenvalue weighted by atomic mass is 32.2. The summed E-state index contributed by atoms with van der Waals surface area (Å²) in [6.07, 6.45) is 2.53. The van der Waals surface area contributed by atoms with Gasteiger partial charge in [0.2, 0.25) is 0 Å². The van der Waals surface area contributed by atoms with Crippen LogP contribution in [0.3, 0.4) is 0 Å². The molecule has 6 heteroatoms. The lowest BCUT2D eigenvalue weighted by Gasteiger charge is -2.24. The number of para-hydroxylation sites is 1. The first-order chi connectivity index (χ1) is 12.5. The Morgan fingerprint density at radius 2 is 1.73 bits per heavy atom. The van der Waals surface area contributed by atoms with Gasteiger partial charge in [-0.3, -0.25) is 4.72 Å². The molecule has 0 spiro atoms. The van der Waals surface area contributed by atoms with Gasteiger partial charge in [0.15, 0.2) is 0 Å². The fourth-order valence-corrected chi connectivity index (χ4v) is 4.38. The van der Waals surface area contributed by atoms with Gasteiger partial charge in [0.25, 0.3) is 10.0 Å². The largest absolute Gasteiger partial charge is 0.323 e. The summed E-state index contributed by atoms with van der Waals surface area (Å²) in [5.41, 5.74) is 2.90. The Morgan fingerprint density at radius 1 is 1.00 bits per heavy atom. The van der Waals surface area contributed by atoms with Crippen molar-refractivity contribution < 1.29 is 8.42 Å². The number of sulfonamides is 1. The molecule has 5 nitrogen and oxygen atoms in total. The number of pyridine rings is 1. The van der Waals surface area contributed by atoms with Crippen molar-refractivity contribution in [3.63, 3.8) is 0 Å². The molecule has 1 atom stereocenters. The first-order valence-corrected chi connectivity index (χ1v) is 9.94. The third-order valence-corrected chi connectivity index (χ3v) is 5.90.